The van der Waals surface area contributed by atoms with Crippen LogP contribution in [0, 0.1) is 11.7 Å². The number of hydrogen-bond donors (Lipinski definition) is 1. The van der Waals surface area contributed by atoms with Gasteiger partial charge in [-0.15, -0.1) is 0 Å². The Balaban J connectivity index is 1.89. The minimum absolute atomic E-state index is 0.0780. The molecule has 3 nitrogen and oxygen atoms in total. The van der Waals surface area contributed by atoms with E-state index in [-0.39, 0.29) is 17.6 Å². The van der Waals surface area contributed by atoms with E-state index >= 15 is 0 Å². The number of hydrogen-bond acceptors (Lipinski definition) is 2. The highest BCUT2D eigenvalue weighted by Crippen LogP contribution is 2.30. The zero-order valence-corrected chi connectivity index (χ0v) is 8.87. The van der Waals surface area contributed by atoms with E-state index in [4.69, 9.17) is 0 Å². The van der Waals surface area contributed by atoms with Crippen molar-refractivity contribution in [2.45, 2.75) is 6.42 Å². The molecule has 84 valence electrons. The molecule has 0 spiro atoms. The molecule has 0 aliphatic carbocycles. The van der Waals surface area contributed by atoms with Crippen LogP contribution in [0.5, 0.6) is 0 Å². The molecule has 0 saturated carbocycles. The van der Waals surface area contributed by atoms with Crippen molar-refractivity contribution in [3.8, 4) is 0 Å². The van der Waals surface area contributed by atoms with Crippen molar-refractivity contribution >= 4 is 11.6 Å². The van der Waals surface area contributed by atoms with E-state index in [1.54, 1.807) is 11.0 Å². The Morgan fingerprint density at radius 3 is 2.94 bits per heavy atom. The molecule has 1 N–H and O–H groups in total. The SMILES string of the molecule is O=C(C1CNC1)N1CCc2ccc(F)cc21. The minimum atomic E-state index is -0.273. The van der Waals surface area contributed by atoms with Gasteiger partial charge in [0, 0.05) is 25.3 Å². The lowest BCUT2D eigenvalue weighted by Gasteiger charge is -2.30. The molecule has 0 atom stereocenters. The van der Waals surface area contributed by atoms with E-state index < -0.39 is 0 Å². The molecule has 1 aromatic carbocycles. The first-order valence-corrected chi connectivity index (χ1v) is 5.56. The summed E-state index contributed by atoms with van der Waals surface area (Å²) in [6.45, 7) is 2.19. The normalized spacial score (nSPS) is 19.4. The Kier molecular flexibility index (Phi) is 2.17. The zero-order valence-electron chi connectivity index (χ0n) is 8.87. The van der Waals surface area contributed by atoms with Crippen molar-refractivity contribution in [3.63, 3.8) is 0 Å². The highest BCUT2D eigenvalue weighted by Gasteiger charge is 2.33. The van der Waals surface area contributed by atoms with Crippen LogP contribution in [0.4, 0.5) is 10.1 Å². The number of nitrogens with one attached hydrogen (secondary N) is 1. The molecule has 1 saturated heterocycles. The van der Waals surface area contributed by atoms with Crippen molar-refractivity contribution in [1.29, 1.82) is 0 Å². The topological polar surface area (TPSA) is 32.3 Å². The molecule has 2 aliphatic heterocycles. The standard InChI is InChI=1S/C12H13FN2O/c13-10-2-1-8-3-4-15(11(8)5-10)12(16)9-6-14-7-9/h1-2,5,9,14H,3-4,6-7H2. The summed E-state index contributed by atoms with van der Waals surface area (Å²) >= 11 is 0. The predicted octanol–water partition coefficient (Wildman–Crippen LogP) is 0.934. The van der Waals surface area contributed by atoms with Gasteiger partial charge in [0.1, 0.15) is 5.82 Å². The van der Waals surface area contributed by atoms with Crippen molar-refractivity contribution in [2.75, 3.05) is 24.5 Å². The summed E-state index contributed by atoms with van der Waals surface area (Å²) in [5.41, 5.74) is 1.83. The quantitative estimate of drug-likeness (QED) is 0.763. The summed E-state index contributed by atoms with van der Waals surface area (Å²) in [5, 5.41) is 3.08. The molecule has 0 unspecified atom stereocenters. The zero-order chi connectivity index (χ0) is 11.1. The second-order valence-corrected chi connectivity index (χ2v) is 4.37. The second-order valence-electron chi connectivity index (χ2n) is 4.37. The van der Waals surface area contributed by atoms with Crippen molar-refractivity contribution in [2.24, 2.45) is 5.92 Å². The van der Waals surface area contributed by atoms with Gasteiger partial charge in [0.25, 0.3) is 0 Å². The average molecular weight is 220 g/mol. The third-order valence-electron chi connectivity index (χ3n) is 3.34. The fourth-order valence-electron chi connectivity index (χ4n) is 2.26. The van der Waals surface area contributed by atoms with Gasteiger partial charge in [0.05, 0.1) is 5.92 Å². The first-order valence-electron chi connectivity index (χ1n) is 5.56. The van der Waals surface area contributed by atoms with E-state index in [1.807, 2.05) is 0 Å². The molecule has 0 radical (unpaired) electrons. The van der Waals surface area contributed by atoms with Crippen LogP contribution in [0.3, 0.4) is 0 Å². The Bertz CT molecular complexity index is 443. The first-order chi connectivity index (χ1) is 7.75. The number of anilines is 1. The highest BCUT2D eigenvalue weighted by atomic mass is 19.1. The number of nitrogens with zero attached hydrogens (tertiary/aromatic N) is 1. The summed E-state index contributed by atoms with van der Waals surface area (Å²) in [6, 6.07) is 4.70. The van der Waals surface area contributed by atoms with E-state index in [0.29, 0.717) is 6.54 Å². The largest absolute Gasteiger partial charge is 0.315 e. The molecule has 3 rings (SSSR count). The van der Waals surface area contributed by atoms with Crippen LogP contribution < -0.4 is 10.2 Å². The average Bonchev–Trinajstić information content (AvgIpc) is 2.57. The molecule has 16 heavy (non-hydrogen) atoms. The van der Waals surface area contributed by atoms with Gasteiger partial charge in [-0.1, -0.05) is 6.07 Å². The molecule has 0 bridgehead atoms. The van der Waals surface area contributed by atoms with E-state index in [1.165, 1.54) is 12.1 Å². The highest BCUT2D eigenvalue weighted by molar-refractivity contribution is 5.97. The van der Waals surface area contributed by atoms with Gasteiger partial charge in [-0.25, -0.2) is 4.39 Å². The fourth-order valence-corrected chi connectivity index (χ4v) is 2.26. The number of halogens is 1. The van der Waals surface area contributed by atoms with Gasteiger partial charge in [-0.3, -0.25) is 4.79 Å². The van der Waals surface area contributed by atoms with E-state index in [0.717, 1.165) is 30.8 Å². The Morgan fingerprint density at radius 1 is 1.44 bits per heavy atom. The summed E-state index contributed by atoms with van der Waals surface area (Å²) in [4.78, 5) is 13.8. The minimum Gasteiger partial charge on any atom is -0.315 e. The van der Waals surface area contributed by atoms with Crippen molar-refractivity contribution < 1.29 is 9.18 Å². The molecule has 4 heteroatoms. The molecule has 2 heterocycles. The lowest BCUT2D eigenvalue weighted by molar-refractivity contribution is -0.123. The van der Waals surface area contributed by atoms with Crippen LogP contribution in [0.25, 0.3) is 0 Å². The third-order valence-corrected chi connectivity index (χ3v) is 3.34. The maximum Gasteiger partial charge on any atom is 0.232 e. The third kappa shape index (κ3) is 1.41. The Morgan fingerprint density at radius 2 is 2.25 bits per heavy atom. The Labute approximate surface area is 93.2 Å². The Hall–Kier alpha value is -1.42. The number of carbonyl (C=O) groups excluding carboxylic acids is 1. The van der Waals surface area contributed by atoms with Gasteiger partial charge < -0.3 is 10.2 Å². The summed E-state index contributed by atoms with van der Waals surface area (Å²) in [7, 11) is 0. The summed E-state index contributed by atoms with van der Waals surface area (Å²) in [6.07, 6.45) is 0.835. The smallest absolute Gasteiger partial charge is 0.232 e. The number of carbonyl (C=O) groups is 1. The molecule has 1 aromatic rings. The molecule has 1 amide bonds. The van der Waals surface area contributed by atoms with Gasteiger partial charge in [0.15, 0.2) is 0 Å². The number of benzene rings is 1. The maximum absolute atomic E-state index is 13.1. The second kappa shape index (κ2) is 3.56. The fraction of sp³-hybridized carbons (Fsp3) is 0.417. The number of amides is 1. The van der Waals surface area contributed by atoms with E-state index in [9.17, 15) is 9.18 Å². The van der Waals surface area contributed by atoms with Gasteiger partial charge >= 0.3 is 0 Å². The monoisotopic (exact) mass is 220 g/mol. The molecule has 1 fully saturated rings. The van der Waals surface area contributed by atoms with Crippen LogP contribution in [-0.4, -0.2) is 25.5 Å². The van der Waals surface area contributed by atoms with Crippen LogP contribution >= 0.6 is 0 Å². The van der Waals surface area contributed by atoms with Crippen molar-refractivity contribution in [3.05, 3.63) is 29.6 Å². The molecule has 0 aromatic heterocycles. The number of fused-ring (bicyclic) bond motifs is 1. The maximum atomic E-state index is 13.1. The first kappa shape index (κ1) is 9.78. The van der Waals surface area contributed by atoms with E-state index in [2.05, 4.69) is 5.32 Å². The lowest BCUT2D eigenvalue weighted by Crippen LogP contribution is -2.51. The molecular formula is C12H13FN2O. The number of rotatable bonds is 1. The van der Waals surface area contributed by atoms with Crippen LogP contribution in [-0.2, 0) is 11.2 Å². The van der Waals surface area contributed by atoms with Crippen molar-refractivity contribution in [1.82, 2.24) is 5.32 Å². The van der Waals surface area contributed by atoms with Gasteiger partial charge in [-0.2, -0.15) is 0 Å². The predicted molar refractivity (Wildman–Crippen MR) is 58.8 cm³/mol. The van der Waals surface area contributed by atoms with Gasteiger partial charge in [0.2, 0.25) is 5.91 Å². The van der Waals surface area contributed by atoms with Crippen LogP contribution in [0.2, 0.25) is 0 Å². The molecular weight excluding hydrogens is 207 g/mol. The summed E-state index contributed by atoms with van der Waals surface area (Å²) in [5.74, 6) is -0.0671. The summed E-state index contributed by atoms with van der Waals surface area (Å²) < 4.78 is 13.1. The van der Waals surface area contributed by atoms with Gasteiger partial charge in [-0.05, 0) is 24.1 Å². The lowest BCUT2D eigenvalue weighted by atomic mass is 10.0. The van der Waals surface area contributed by atoms with Crippen LogP contribution in [0.1, 0.15) is 5.56 Å². The van der Waals surface area contributed by atoms with Crippen LogP contribution in [0.15, 0.2) is 18.2 Å². The molecule has 2 aliphatic rings.